The normalized spacial score (nSPS) is 10.8. The lowest BCUT2D eigenvalue weighted by Crippen LogP contribution is -2.13. The Morgan fingerprint density at radius 3 is 2.74 bits per heavy atom. The standard InChI is InChI=1S/C13H8FN4O/c14-9-6-10(11(15)19)13-16-12(17-18(13)7-9)8-4-2-1-3-5-8/h1-5,7H,(H2,15,19). The van der Waals surface area contributed by atoms with Gasteiger partial charge < -0.3 is 5.73 Å². The van der Waals surface area contributed by atoms with Gasteiger partial charge in [-0.3, -0.25) is 4.79 Å². The lowest BCUT2D eigenvalue weighted by atomic mass is 10.2. The van der Waals surface area contributed by atoms with Gasteiger partial charge in [-0.05, 0) is 0 Å². The summed E-state index contributed by atoms with van der Waals surface area (Å²) < 4.78 is 14.5. The lowest BCUT2D eigenvalue weighted by molar-refractivity contribution is 0.100. The summed E-state index contributed by atoms with van der Waals surface area (Å²) in [4.78, 5) is 15.5. The summed E-state index contributed by atoms with van der Waals surface area (Å²) in [5.41, 5.74) is 6.02. The molecule has 3 rings (SSSR count). The fourth-order valence-corrected chi connectivity index (χ4v) is 1.78. The van der Waals surface area contributed by atoms with Crippen molar-refractivity contribution in [3.63, 3.8) is 0 Å². The van der Waals surface area contributed by atoms with Crippen molar-refractivity contribution < 1.29 is 9.18 Å². The number of rotatable bonds is 2. The second-order valence-corrected chi connectivity index (χ2v) is 3.91. The van der Waals surface area contributed by atoms with E-state index in [1.165, 1.54) is 4.52 Å². The molecule has 0 aliphatic heterocycles. The third kappa shape index (κ3) is 1.93. The van der Waals surface area contributed by atoms with Crippen LogP contribution in [0.5, 0.6) is 0 Å². The number of benzene rings is 1. The van der Waals surface area contributed by atoms with Gasteiger partial charge in [0, 0.05) is 11.6 Å². The first kappa shape index (κ1) is 11.3. The Bertz CT molecular complexity index is 767. The molecule has 0 aliphatic rings. The number of primary amides is 1. The Hall–Kier alpha value is -2.76. The number of aromatic nitrogens is 3. The van der Waals surface area contributed by atoms with Crippen LogP contribution >= 0.6 is 0 Å². The smallest absolute Gasteiger partial charge is 0.253 e. The van der Waals surface area contributed by atoms with Gasteiger partial charge in [0.05, 0.1) is 11.8 Å². The van der Waals surface area contributed by atoms with Crippen molar-refractivity contribution in [2.24, 2.45) is 5.73 Å². The van der Waals surface area contributed by atoms with Crippen LogP contribution in [-0.2, 0) is 0 Å². The van der Waals surface area contributed by atoms with Gasteiger partial charge in [0.2, 0.25) is 0 Å². The zero-order valence-electron chi connectivity index (χ0n) is 9.67. The molecular formula is C13H8FN4O. The van der Waals surface area contributed by atoms with Crippen LogP contribution in [0.15, 0.2) is 36.5 Å². The molecule has 2 heterocycles. The van der Waals surface area contributed by atoms with E-state index in [1.54, 1.807) is 0 Å². The molecule has 1 amide bonds. The molecule has 2 N–H and O–H groups in total. The van der Waals surface area contributed by atoms with Crippen molar-refractivity contribution >= 4 is 11.6 Å². The van der Waals surface area contributed by atoms with E-state index in [2.05, 4.69) is 16.1 Å². The average molecular weight is 255 g/mol. The average Bonchev–Trinajstić information content (AvgIpc) is 2.82. The van der Waals surface area contributed by atoms with Gasteiger partial charge in [-0.15, -0.1) is 5.10 Å². The maximum absolute atomic E-state index is 13.3. The van der Waals surface area contributed by atoms with Crippen LogP contribution in [0.2, 0.25) is 0 Å². The van der Waals surface area contributed by atoms with Crippen LogP contribution in [0.4, 0.5) is 4.39 Å². The molecule has 0 bridgehead atoms. The summed E-state index contributed by atoms with van der Waals surface area (Å²) in [7, 11) is 0. The molecule has 0 aliphatic carbocycles. The van der Waals surface area contributed by atoms with Gasteiger partial charge in [0.25, 0.3) is 5.91 Å². The van der Waals surface area contributed by atoms with E-state index in [1.807, 2.05) is 30.3 Å². The molecule has 1 aromatic carbocycles. The monoisotopic (exact) mass is 255 g/mol. The van der Waals surface area contributed by atoms with Gasteiger partial charge in [-0.1, -0.05) is 30.3 Å². The van der Waals surface area contributed by atoms with Crippen molar-refractivity contribution in [2.45, 2.75) is 0 Å². The fourth-order valence-electron chi connectivity index (χ4n) is 1.78. The molecule has 0 unspecified atom stereocenters. The minimum absolute atomic E-state index is 0.116. The topological polar surface area (TPSA) is 73.3 Å². The summed E-state index contributed by atoms with van der Waals surface area (Å²) in [5, 5.41) is 4.12. The molecule has 1 radical (unpaired) electrons. The summed E-state index contributed by atoms with van der Waals surface area (Å²) in [6.07, 6.45) is 1.10. The second-order valence-electron chi connectivity index (χ2n) is 3.91. The van der Waals surface area contributed by atoms with Gasteiger partial charge >= 0.3 is 0 Å². The quantitative estimate of drug-likeness (QED) is 0.752. The van der Waals surface area contributed by atoms with E-state index < -0.39 is 11.7 Å². The fraction of sp³-hybridized carbons (Fsp3) is 0. The zero-order chi connectivity index (χ0) is 13.4. The molecule has 3 aromatic rings. The zero-order valence-corrected chi connectivity index (χ0v) is 9.67. The third-order valence-corrected chi connectivity index (χ3v) is 2.61. The number of halogens is 1. The highest BCUT2D eigenvalue weighted by Gasteiger charge is 2.15. The number of carbonyl (C=O) groups excluding carboxylic acids is 1. The van der Waals surface area contributed by atoms with Crippen LogP contribution in [-0.4, -0.2) is 20.5 Å². The SMILES string of the molecule is NC(=O)c1[c]c(F)cn2nc(-c3ccccc3)nc12. The first-order valence-corrected chi connectivity index (χ1v) is 5.48. The molecule has 2 aromatic heterocycles. The number of hydrogen-bond acceptors (Lipinski definition) is 3. The number of hydrogen-bond donors (Lipinski definition) is 1. The highest BCUT2D eigenvalue weighted by molar-refractivity contribution is 5.98. The Kier molecular flexibility index (Phi) is 2.49. The molecule has 0 fully saturated rings. The van der Waals surface area contributed by atoms with Crippen LogP contribution in [0.1, 0.15) is 10.4 Å². The van der Waals surface area contributed by atoms with Crippen LogP contribution in [0.25, 0.3) is 17.0 Å². The Labute approximate surface area is 107 Å². The van der Waals surface area contributed by atoms with Crippen LogP contribution < -0.4 is 5.73 Å². The first-order valence-electron chi connectivity index (χ1n) is 5.48. The van der Waals surface area contributed by atoms with Gasteiger partial charge in [0.1, 0.15) is 5.82 Å². The van der Waals surface area contributed by atoms with Crippen molar-refractivity contribution in [1.29, 1.82) is 0 Å². The maximum Gasteiger partial charge on any atom is 0.253 e. The molecule has 6 heteroatoms. The summed E-state index contributed by atoms with van der Waals surface area (Å²) in [6.45, 7) is 0. The third-order valence-electron chi connectivity index (χ3n) is 2.61. The van der Waals surface area contributed by atoms with Crippen molar-refractivity contribution in [3.8, 4) is 11.4 Å². The minimum atomic E-state index is -0.795. The number of amides is 1. The van der Waals surface area contributed by atoms with E-state index in [9.17, 15) is 9.18 Å². The molecular weight excluding hydrogens is 247 g/mol. The van der Waals surface area contributed by atoms with E-state index in [0.717, 1.165) is 11.8 Å². The Morgan fingerprint density at radius 1 is 1.32 bits per heavy atom. The van der Waals surface area contributed by atoms with Crippen molar-refractivity contribution in [3.05, 3.63) is 54.0 Å². The van der Waals surface area contributed by atoms with E-state index >= 15 is 0 Å². The Balaban J connectivity index is 2.26. The first-order chi connectivity index (χ1) is 9.15. The van der Waals surface area contributed by atoms with E-state index in [-0.39, 0.29) is 11.2 Å². The minimum Gasteiger partial charge on any atom is -0.365 e. The summed E-state index contributed by atoms with van der Waals surface area (Å²) >= 11 is 0. The van der Waals surface area contributed by atoms with Gasteiger partial charge in [-0.2, -0.15) is 0 Å². The van der Waals surface area contributed by atoms with Crippen molar-refractivity contribution in [1.82, 2.24) is 14.6 Å². The number of carbonyl (C=O) groups is 1. The predicted molar refractivity (Wildman–Crippen MR) is 65.7 cm³/mol. The summed E-state index contributed by atoms with van der Waals surface area (Å²) in [5.74, 6) is -1.12. The molecule has 0 atom stereocenters. The van der Waals surface area contributed by atoms with Gasteiger partial charge in [-0.25, -0.2) is 13.9 Å². The largest absolute Gasteiger partial charge is 0.365 e. The Morgan fingerprint density at radius 2 is 2.05 bits per heavy atom. The van der Waals surface area contributed by atoms with E-state index in [4.69, 9.17) is 5.73 Å². The second kappa shape index (κ2) is 4.16. The highest BCUT2D eigenvalue weighted by atomic mass is 19.1. The molecule has 5 nitrogen and oxygen atoms in total. The van der Waals surface area contributed by atoms with Crippen LogP contribution in [0, 0.1) is 11.9 Å². The van der Waals surface area contributed by atoms with Crippen LogP contribution in [0.3, 0.4) is 0 Å². The molecule has 19 heavy (non-hydrogen) atoms. The number of nitrogens with two attached hydrogens (primary N) is 1. The van der Waals surface area contributed by atoms with Gasteiger partial charge in [0.15, 0.2) is 11.5 Å². The predicted octanol–water partition coefficient (Wildman–Crippen LogP) is 1.43. The molecule has 0 saturated carbocycles. The molecule has 0 saturated heterocycles. The molecule has 93 valence electrons. The number of pyridine rings is 1. The number of nitrogens with zero attached hydrogens (tertiary/aromatic N) is 3. The lowest BCUT2D eigenvalue weighted by Gasteiger charge is -1.96. The maximum atomic E-state index is 13.3. The van der Waals surface area contributed by atoms with Crippen molar-refractivity contribution in [2.75, 3.05) is 0 Å². The summed E-state index contributed by atoms with van der Waals surface area (Å²) in [6, 6.07) is 11.4. The molecule has 0 spiro atoms. The highest BCUT2D eigenvalue weighted by Crippen LogP contribution is 2.18. The number of fused-ring (bicyclic) bond motifs is 1. The van der Waals surface area contributed by atoms with E-state index in [0.29, 0.717) is 5.82 Å².